The van der Waals surface area contributed by atoms with Crippen LogP contribution in [0.5, 0.6) is 5.75 Å². The number of halogens is 2. The first kappa shape index (κ1) is 12.3. The molecule has 3 nitrogen and oxygen atoms in total. The van der Waals surface area contributed by atoms with E-state index in [0.29, 0.717) is 19.3 Å². The third-order valence-corrected chi connectivity index (χ3v) is 2.73. The van der Waals surface area contributed by atoms with Gasteiger partial charge in [-0.05, 0) is 13.0 Å². The highest BCUT2D eigenvalue weighted by Crippen LogP contribution is 2.26. The molecule has 0 saturated carbocycles. The van der Waals surface area contributed by atoms with E-state index >= 15 is 0 Å². The molecule has 1 atom stereocenters. The monoisotopic (exact) mass is 243 g/mol. The Labute approximate surface area is 98.7 Å². The predicted octanol–water partition coefficient (Wildman–Crippen LogP) is 2.34. The molecule has 1 unspecified atom stereocenters. The summed E-state index contributed by atoms with van der Waals surface area (Å²) in [6, 6.07) is 7.08. The van der Waals surface area contributed by atoms with Gasteiger partial charge in [-0.25, -0.2) is 0 Å². The Balaban J connectivity index is 2.06. The van der Waals surface area contributed by atoms with Crippen LogP contribution in [0.1, 0.15) is 18.5 Å². The average molecular weight is 243 g/mol. The lowest BCUT2D eigenvalue weighted by atomic mass is 10.1. The number of ether oxygens (including phenoxy) is 2. The second-order valence-electron chi connectivity index (χ2n) is 4.04. The van der Waals surface area contributed by atoms with Crippen molar-refractivity contribution in [3.05, 3.63) is 29.8 Å². The van der Waals surface area contributed by atoms with Gasteiger partial charge in [0.1, 0.15) is 5.75 Å². The zero-order chi connectivity index (χ0) is 12.3. The minimum atomic E-state index is -2.80. The van der Waals surface area contributed by atoms with Crippen LogP contribution in [0.2, 0.25) is 0 Å². The minimum absolute atomic E-state index is 0.0427. The highest BCUT2D eigenvalue weighted by atomic mass is 19.3. The number of hydrogen-bond acceptors (Lipinski definition) is 3. The van der Waals surface area contributed by atoms with Crippen molar-refractivity contribution in [1.29, 1.82) is 0 Å². The first-order valence-electron chi connectivity index (χ1n) is 5.54. The highest BCUT2D eigenvalue weighted by molar-refractivity contribution is 5.35. The van der Waals surface area contributed by atoms with Gasteiger partial charge in [0.25, 0.3) is 0 Å². The van der Waals surface area contributed by atoms with Crippen LogP contribution in [0.3, 0.4) is 0 Å². The van der Waals surface area contributed by atoms with Gasteiger partial charge in [0, 0.05) is 11.6 Å². The number of hydrogen-bond donors (Lipinski definition) is 1. The second kappa shape index (κ2) is 5.42. The summed E-state index contributed by atoms with van der Waals surface area (Å²) in [5, 5.41) is 3.30. The van der Waals surface area contributed by atoms with Crippen molar-refractivity contribution in [2.45, 2.75) is 25.6 Å². The number of para-hydroxylation sites is 1. The molecule has 1 N–H and O–H groups in total. The topological polar surface area (TPSA) is 30.5 Å². The molecule has 94 valence electrons. The fraction of sp³-hybridized carbons (Fsp3) is 0.500. The average Bonchev–Trinajstić information content (AvgIpc) is 2.23. The molecule has 1 aromatic rings. The fourth-order valence-electron chi connectivity index (χ4n) is 1.82. The van der Waals surface area contributed by atoms with Gasteiger partial charge in [0.2, 0.25) is 0 Å². The van der Waals surface area contributed by atoms with E-state index in [-0.39, 0.29) is 11.8 Å². The van der Waals surface area contributed by atoms with Gasteiger partial charge in [-0.2, -0.15) is 8.78 Å². The van der Waals surface area contributed by atoms with E-state index in [1.807, 2.05) is 13.0 Å². The maximum atomic E-state index is 12.2. The molecule has 1 aliphatic rings. The zero-order valence-corrected chi connectivity index (χ0v) is 9.53. The van der Waals surface area contributed by atoms with Crippen LogP contribution in [0.4, 0.5) is 8.78 Å². The van der Waals surface area contributed by atoms with E-state index in [2.05, 4.69) is 10.1 Å². The summed E-state index contributed by atoms with van der Waals surface area (Å²) in [6.45, 7) is 0.464. The van der Waals surface area contributed by atoms with Crippen LogP contribution in [0.15, 0.2) is 24.3 Å². The van der Waals surface area contributed by atoms with Crippen LogP contribution in [0, 0.1) is 0 Å². The maximum absolute atomic E-state index is 12.2. The van der Waals surface area contributed by atoms with E-state index in [9.17, 15) is 8.78 Å². The van der Waals surface area contributed by atoms with Gasteiger partial charge in [-0.1, -0.05) is 18.2 Å². The SMILES string of the molecule is CC(NC1COC1)c1ccccc1OC(F)F. The Morgan fingerprint density at radius 3 is 2.65 bits per heavy atom. The third kappa shape index (κ3) is 3.14. The molecule has 2 rings (SSSR count). The molecule has 0 bridgehead atoms. The Morgan fingerprint density at radius 1 is 1.35 bits per heavy atom. The van der Waals surface area contributed by atoms with Crippen molar-refractivity contribution >= 4 is 0 Å². The summed E-state index contributed by atoms with van der Waals surface area (Å²) >= 11 is 0. The first-order valence-corrected chi connectivity index (χ1v) is 5.54. The van der Waals surface area contributed by atoms with E-state index in [1.54, 1.807) is 18.2 Å². The van der Waals surface area contributed by atoms with Gasteiger partial charge in [0.05, 0.1) is 19.3 Å². The molecule has 0 spiro atoms. The summed E-state index contributed by atoms with van der Waals surface area (Å²) in [7, 11) is 0. The quantitative estimate of drug-likeness (QED) is 0.861. The Bertz CT molecular complexity index is 369. The van der Waals surface area contributed by atoms with Crippen LogP contribution < -0.4 is 10.1 Å². The van der Waals surface area contributed by atoms with Gasteiger partial charge in [-0.15, -0.1) is 0 Å². The Hall–Kier alpha value is -1.20. The van der Waals surface area contributed by atoms with Crippen molar-refractivity contribution in [1.82, 2.24) is 5.32 Å². The summed E-state index contributed by atoms with van der Waals surface area (Å²) in [5.74, 6) is 0.225. The van der Waals surface area contributed by atoms with Crippen molar-refractivity contribution in [2.24, 2.45) is 0 Å². The van der Waals surface area contributed by atoms with Crippen LogP contribution in [0.25, 0.3) is 0 Å². The van der Waals surface area contributed by atoms with Gasteiger partial charge < -0.3 is 14.8 Å². The molecule has 0 aliphatic carbocycles. The maximum Gasteiger partial charge on any atom is 0.387 e. The number of benzene rings is 1. The number of nitrogens with one attached hydrogen (secondary N) is 1. The molecular formula is C12H15F2NO2. The van der Waals surface area contributed by atoms with Crippen LogP contribution in [-0.4, -0.2) is 25.9 Å². The lowest BCUT2D eigenvalue weighted by molar-refractivity contribution is -0.0510. The van der Waals surface area contributed by atoms with E-state index < -0.39 is 6.61 Å². The lowest BCUT2D eigenvalue weighted by Gasteiger charge is -2.30. The largest absolute Gasteiger partial charge is 0.434 e. The van der Waals surface area contributed by atoms with Gasteiger partial charge in [0.15, 0.2) is 0 Å². The molecule has 17 heavy (non-hydrogen) atoms. The molecule has 1 aromatic carbocycles. The van der Waals surface area contributed by atoms with Crippen LogP contribution >= 0.6 is 0 Å². The zero-order valence-electron chi connectivity index (χ0n) is 9.53. The lowest BCUT2D eigenvalue weighted by Crippen LogP contribution is -2.46. The minimum Gasteiger partial charge on any atom is -0.434 e. The van der Waals surface area contributed by atoms with E-state index in [4.69, 9.17) is 4.74 Å². The third-order valence-electron chi connectivity index (χ3n) is 2.73. The van der Waals surface area contributed by atoms with Crippen molar-refractivity contribution in [2.75, 3.05) is 13.2 Å². The highest BCUT2D eigenvalue weighted by Gasteiger charge is 2.22. The smallest absolute Gasteiger partial charge is 0.387 e. The molecule has 0 amide bonds. The molecule has 0 radical (unpaired) electrons. The van der Waals surface area contributed by atoms with Crippen molar-refractivity contribution in [3.63, 3.8) is 0 Å². The predicted molar refractivity (Wildman–Crippen MR) is 59.2 cm³/mol. The van der Waals surface area contributed by atoms with Crippen molar-refractivity contribution < 1.29 is 18.3 Å². The number of alkyl halides is 2. The van der Waals surface area contributed by atoms with E-state index in [1.165, 1.54) is 0 Å². The Morgan fingerprint density at radius 2 is 2.06 bits per heavy atom. The van der Waals surface area contributed by atoms with Gasteiger partial charge in [-0.3, -0.25) is 0 Å². The van der Waals surface area contributed by atoms with Crippen LogP contribution in [-0.2, 0) is 4.74 Å². The molecule has 1 aliphatic heterocycles. The standard InChI is InChI=1S/C12H15F2NO2/c1-8(15-9-6-16-7-9)10-4-2-3-5-11(10)17-12(13)14/h2-5,8-9,12,15H,6-7H2,1H3. The van der Waals surface area contributed by atoms with Gasteiger partial charge >= 0.3 is 6.61 Å². The molecule has 5 heteroatoms. The summed E-state index contributed by atoms with van der Waals surface area (Å²) in [4.78, 5) is 0. The molecule has 0 aromatic heterocycles. The van der Waals surface area contributed by atoms with Crippen molar-refractivity contribution in [3.8, 4) is 5.75 Å². The summed E-state index contributed by atoms with van der Waals surface area (Å²) < 4.78 is 34.0. The Kier molecular flexibility index (Phi) is 3.91. The normalized spacial score (nSPS) is 17.9. The molecule has 1 heterocycles. The molecule has 1 fully saturated rings. The number of rotatable bonds is 5. The van der Waals surface area contributed by atoms with E-state index in [0.717, 1.165) is 5.56 Å². The first-order chi connectivity index (χ1) is 8.16. The molecule has 1 saturated heterocycles. The second-order valence-corrected chi connectivity index (χ2v) is 4.04. The molecular weight excluding hydrogens is 228 g/mol. The summed E-state index contributed by atoms with van der Waals surface area (Å²) in [5.41, 5.74) is 0.736. The fourth-order valence-corrected chi connectivity index (χ4v) is 1.82. The summed E-state index contributed by atoms with van der Waals surface area (Å²) in [6.07, 6.45) is 0.